The zero-order chi connectivity index (χ0) is 12.6. The van der Waals surface area contributed by atoms with Gasteiger partial charge in [-0.25, -0.2) is 9.78 Å². The molecule has 0 unspecified atom stereocenters. The molecule has 1 fully saturated rings. The molecule has 0 amide bonds. The molecule has 2 rings (SSSR count). The lowest BCUT2D eigenvalue weighted by molar-refractivity contribution is -0.141. The van der Waals surface area contributed by atoms with Gasteiger partial charge in [-0.3, -0.25) is 0 Å². The van der Waals surface area contributed by atoms with Crippen LogP contribution in [0.1, 0.15) is 28.9 Å². The minimum absolute atomic E-state index is 0.0322. The van der Waals surface area contributed by atoms with Crippen LogP contribution in [0.3, 0.4) is 0 Å². The maximum Gasteiger partial charge on any atom is 0.434 e. The van der Waals surface area contributed by atoms with Crippen molar-refractivity contribution >= 4 is 5.97 Å². The van der Waals surface area contributed by atoms with Crippen LogP contribution in [0.4, 0.5) is 13.2 Å². The quantitative estimate of drug-likeness (QED) is 0.890. The highest BCUT2D eigenvalue weighted by Gasteiger charge is 2.38. The fourth-order valence-corrected chi connectivity index (χ4v) is 1.28. The van der Waals surface area contributed by atoms with Crippen LogP contribution in [-0.4, -0.2) is 22.2 Å². The van der Waals surface area contributed by atoms with Crippen LogP contribution in [0, 0.1) is 0 Å². The lowest BCUT2D eigenvalue weighted by Crippen LogP contribution is -2.15. The molecule has 92 valence electrons. The summed E-state index contributed by atoms with van der Waals surface area (Å²) in [6, 6.07) is 0.858. The summed E-state index contributed by atoms with van der Waals surface area (Å²) in [5.74, 6) is -1.62. The van der Waals surface area contributed by atoms with E-state index in [-0.39, 0.29) is 11.9 Å². The molecule has 0 spiro atoms. The van der Waals surface area contributed by atoms with Gasteiger partial charge in [0.2, 0.25) is 0 Å². The van der Waals surface area contributed by atoms with Crippen LogP contribution in [0.2, 0.25) is 0 Å². The van der Waals surface area contributed by atoms with Crippen LogP contribution >= 0.6 is 0 Å². The average molecular weight is 247 g/mol. The number of pyridine rings is 1. The van der Waals surface area contributed by atoms with E-state index in [1.54, 1.807) is 0 Å². The summed E-state index contributed by atoms with van der Waals surface area (Å²) in [4.78, 5) is 13.8. The highest BCUT2D eigenvalue weighted by molar-refractivity contribution is 5.89. The van der Waals surface area contributed by atoms with Gasteiger partial charge in [0.25, 0.3) is 0 Å². The Bertz CT molecular complexity index is 455. The van der Waals surface area contributed by atoms with Crippen molar-refractivity contribution < 1.29 is 27.8 Å². The molecular formula is C10H8F3NO3. The third kappa shape index (κ3) is 2.66. The Morgan fingerprint density at radius 3 is 2.59 bits per heavy atom. The third-order valence-electron chi connectivity index (χ3n) is 2.19. The molecule has 0 radical (unpaired) electrons. The standard InChI is InChI=1S/C10H8F3NO3/c11-10(12,13)8-7(9(15)16)3-6(4-14-8)17-5-1-2-5/h3-5H,1-2H2,(H,15,16). The van der Waals surface area contributed by atoms with Crippen molar-refractivity contribution in [1.82, 2.24) is 4.98 Å². The topological polar surface area (TPSA) is 59.4 Å². The lowest BCUT2D eigenvalue weighted by Gasteiger charge is -2.11. The molecule has 0 atom stereocenters. The first-order valence-electron chi connectivity index (χ1n) is 4.85. The number of carbonyl (C=O) groups is 1. The van der Waals surface area contributed by atoms with E-state index < -0.39 is 23.4 Å². The summed E-state index contributed by atoms with van der Waals surface area (Å²) in [6.07, 6.45) is -2.28. The van der Waals surface area contributed by atoms with E-state index in [0.29, 0.717) is 0 Å². The van der Waals surface area contributed by atoms with E-state index >= 15 is 0 Å². The number of ether oxygens (including phenoxy) is 1. The van der Waals surface area contributed by atoms with E-state index in [1.165, 1.54) is 0 Å². The molecule has 1 saturated carbocycles. The van der Waals surface area contributed by atoms with Crippen molar-refractivity contribution in [3.8, 4) is 5.75 Å². The van der Waals surface area contributed by atoms with E-state index in [2.05, 4.69) is 4.98 Å². The number of carboxylic acid groups (broad SMARTS) is 1. The van der Waals surface area contributed by atoms with Gasteiger partial charge < -0.3 is 9.84 Å². The largest absolute Gasteiger partial charge is 0.489 e. The summed E-state index contributed by atoms with van der Waals surface area (Å²) >= 11 is 0. The normalized spacial score (nSPS) is 15.7. The molecule has 1 N–H and O–H groups in total. The Balaban J connectivity index is 2.36. The van der Waals surface area contributed by atoms with Crippen LogP contribution in [0.15, 0.2) is 12.3 Å². The molecular weight excluding hydrogens is 239 g/mol. The van der Waals surface area contributed by atoms with Crippen molar-refractivity contribution in [3.63, 3.8) is 0 Å². The first-order valence-corrected chi connectivity index (χ1v) is 4.85. The third-order valence-corrected chi connectivity index (χ3v) is 2.19. The van der Waals surface area contributed by atoms with Gasteiger partial charge in [-0.05, 0) is 18.9 Å². The molecule has 1 aliphatic carbocycles. The van der Waals surface area contributed by atoms with Gasteiger partial charge in [0.05, 0.1) is 17.9 Å². The van der Waals surface area contributed by atoms with Gasteiger partial charge in [-0.15, -0.1) is 0 Å². The molecule has 0 saturated heterocycles. The van der Waals surface area contributed by atoms with Crippen LogP contribution in [-0.2, 0) is 6.18 Å². The number of nitrogens with zero attached hydrogens (tertiary/aromatic N) is 1. The smallest absolute Gasteiger partial charge is 0.434 e. The molecule has 1 heterocycles. The van der Waals surface area contributed by atoms with Gasteiger partial charge >= 0.3 is 12.1 Å². The highest BCUT2D eigenvalue weighted by Crippen LogP contribution is 2.33. The summed E-state index contributed by atoms with van der Waals surface area (Å²) in [7, 11) is 0. The Morgan fingerprint density at radius 1 is 1.47 bits per heavy atom. The first kappa shape index (κ1) is 11.7. The fraction of sp³-hybridized carbons (Fsp3) is 0.400. The number of carboxylic acids is 1. The maximum absolute atomic E-state index is 12.4. The van der Waals surface area contributed by atoms with Gasteiger partial charge in [0.1, 0.15) is 5.75 Å². The Labute approximate surface area is 94.0 Å². The fourth-order valence-electron chi connectivity index (χ4n) is 1.28. The van der Waals surface area contributed by atoms with Crippen molar-refractivity contribution in [3.05, 3.63) is 23.5 Å². The molecule has 4 nitrogen and oxygen atoms in total. The number of hydrogen-bond acceptors (Lipinski definition) is 3. The number of hydrogen-bond donors (Lipinski definition) is 1. The molecule has 7 heteroatoms. The second-order valence-electron chi connectivity index (χ2n) is 3.69. The zero-order valence-electron chi connectivity index (χ0n) is 8.49. The average Bonchev–Trinajstić information content (AvgIpc) is 2.99. The highest BCUT2D eigenvalue weighted by atomic mass is 19.4. The number of halogens is 3. The Hall–Kier alpha value is -1.79. The molecule has 17 heavy (non-hydrogen) atoms. The molecule has 0 bridgehead atoms. The second-order valence-corrected chi connectivity index (χ2v) is 3.69. The molecule has 1 aromatic rings. The Morgan fingerprint density at radius 2 is 2.12 bits per heavy atom. The zero-order valence-corrected chi connectivity index (χ0v) is 8.49. The predicted molar refractivity (Wildman–Crippen MR) is 49.8 cm³/mol. The maximum atomic E-state index is 12.4. The number of rotatable bonds is 3. The van der Waals surface area contributed by atoms with Gasteiger partial charge in [0.15, 0.2) is 5.69 Å². The van der Waals surface area contributed by atoms with Crippen molar-refractivity contribution in [2.24, 2.45) is 0 Å². The minimum Gasteiger partial charge on any atom is -0.489 e. The first-order chi connectivity index (χ1) is 7.88. The molecule has 1 aromatic heterocycles. The van der Waals surface area contributed by atoms with Crippen LogP contribution in [0.25, 0.3) is 0 Å². The number of aromatic carboxylic acids is 1. The molecule has 1 aliphatic rings. The van der Waals surface area contributed by atoms with Crippen molar-refractivity contribution in [2.75, 3.05) is 0 Å². The Kier molecular flexibility index (Phi) is 2.68. The van der Waals surface area contributed by atoms with E-state index in [0.717, 1.165) is 25.1 Å². The lowest BCUT2D eigenvalue weighted by atomic mass is 10.2. The summed E-state index contributed by atoms with van der Waals surface area (Å²) in [5, 5.41) is 8.71. The van der Waals surface area contributed by atoms with Crippen LogP contribution in [0.5, 0.6) is 5.75 Å². The summed E-state index contributed by atoms with van der Waals surface area (Å²) in [5.41, 5.74) is -2.30. The van der Waals surface area contributed by atoms with Gasteiger partial charge in [-0.1, -0.05) is 0 Å². The van der Waals surface area contributed by atoms with Crippen molar-refractivity contribution in [2.45, 2.75) is 25.1 Å². The van der Waals surface area contributed by atoms with Crippen molar-refractivity contribution in [1.29, 1.82) is 0 Å². The van der Waals surface area contributed by atoms with Gasteiger partial charge in [-0.2, -0.15) is 13.2 Å². The SMILES string of the molecule is O=C(O)c1cc(OC2CC2)cnc1C(F)(F)F. The van der Waals surface area contributed by atoms with E-state index in [1.807, 2.05) is 0 Å². The molecule has 0 aliphatic heterocycles. The minimum atomic E-state index is -4.79. The number of alkyl halides is 3. The monoisotopic (exact) mass is 247 g/mol. The second kappa shape index (κ2) is 3.90. The van der Waals surface area contributed by atoms with Crippen LogP contribution < -0.4 is 4.74 Å². The number of aromatic nitrogens is 1. The predicted octanol–water partition coefficient (Wildman–Crippen LogP) is 2.34. The summed E-state index contributed by atoms with van der Waals surface area (Å²) in [6.45, 7) is 0. The van der Waals surface area contributed by atoms with E-state index in [9.17, 15) is 18.0 Å². The molecule has 0 aromatic carbocycles. The summed E-state index contributed by atoms with van der Waals surface area (Å²) < 4.78 is 42.5. The van der Waals surface area contributed by atoms with E-state index in [4.69, 9.17) is 9.84 Å². The van der Waals surface area contributed by atoms with Gasteiger partial charge in [0, 0.05) is 0 Å².